The third-order valence-corrected chi connectivity index (χ3v) is 4.90. The maximum absolute atomic E-state index is 12.3. The summed E-state index contributed by atoms with van der Waals surface area (Å²) in [4.78, 5) is 21.2. The maximum atomic E-state index is 12.3. The molecular weight excluding hydrogens is 266 g/mol. The van der Waals surface area contributed by atoms with E-state index in [-0.39, 0.29) is 5.56 Å². The number of nitrogens with one attached hydrogen (secondary N) is 1. The second-order valence-corrected chi connectivity index (χ2v) is 6.13. The number of H-pyrrole nitrogens is 1. The van der Waals surface area contributed by atoms with Crippen LogP contribution in [0.3, 0.4) is 0 Å². The van der Waals surface area contributed by atoms with Gasteiger partial charge in [-0.1, -0.05) is 17.8 Å². The molecule has 4 nitrogen and oxygen atoms in total. The highest BCUT2D eigenvalue weighted by atomic mass is 32.2. The molecule has 4 heterocycles. The Morgan fingerprint density at radius 1 is 1.44 bits per heavy atom. The summed E-state index contributed by atoms with van der Waals surface area (Å²) in [5.74, 6) is 0.937. The van der Waals surface area contributed by atoms with Crippen molar-refractivity contribution in [3.05, 3.63) is 33.9 Å². The molecule has 1 aliphatic heterocycles. The first-order valence-electron chi connectivity index (χ1n) is 5.63. The van der Waals surface area contributed by atoms with Crippen molar-refractivity contribution in [2.75, 3.05) is 5.75 Å². The van der Waals surface area contributed by atoms with Crippen LogP contribution in [-0.2, 0) is 6.54 Å². The van der Waals surface area contributed by atoms with Gasteiger partial charge < -0.3 is 4.98 Å². The summed E-state index contributed by atoms with van der Waals surface area (Å²) in [5, 5.41) is 2.86. The number of aromatic amines is 1. The van der Waals surface area contributed by atoms with Crippen molar-refractivity contribution in [2.24, 2.45) is 0 Å². The monoisotopic (exact) mass is 275 g/mol. The molecule has 0 aromatic carbocycles. The largest absolute Gasteiger partial charge is 0.348 e. The van der Waals surface area contributed by atoms with Gasteiger partial charge in [-0.3, -0.25) is 9.36 Å². The summed E-state index contributed by atoms with van der Waals surface area (Å²) in [7, 11) is 0. The highest BCUT2D eigenvalue weighted by molar-refractivity contribution is 7.99. The van der Waals surface area contributed by atoms with Crippen LogP contribution >= 0.6 is 23.1 Å². The summed E-state index contributed by atoms with van der Waals surface area (Å²) < 4.78 is 1.75. The first-order valence-corrected chi connectivity index (χ1v) is 7.50. The van der Waals surface area contributed by atoms with E-state index in [4.69, 9.17) is 0 Å². The first-order chi connectivity index (χ1) is 8.83. The molecule has 0 aliphatic carbocycles. The van der Waals surface area contributed by atoms with E-state index in [9.17, 15) is 4.79 Å². The van der Waals surface area contributed by atoms with Crippen LogP contribution in [0.4, 0.5) is 0 Å². The number of thioether (sulfide) groups is 1. The Hall–Kier alpha value is -1.53. The van der Waals surface area contributed by atoms with Crippen LogP contribution in [0.5, 0.6) is 0 Å². The average Bonchev–Trinajstić information content (AvgIpc) is 3.08. The van der Waals surface area contributed by atoms with Gasteiger partial charge in [-0.05, 0) is 17.5 Å². The summed E-state index contributed by atoms with van der Waals surface area (Å²) in [6, 6.07) is 6.00. The lowest BCUT2D eigenvalue weighted by Crippen LogP contribution is -2.20. The lowest BCUT2D eigenvalue weighted by Gasteiger charge is -1.99. The summed E-state index contributed by atoms with van der Waals surface area (Å²) >= 11 is 3.30. The van der Waals surface area contributed by atoms with Crippen LogP contribution in [0, 0.1) is 0 Å². The van der Waals surface area contributed by atoms with Crippen LogP contribution in [0.2, 0.25) is 0 Å². The summed E-state index contributed by atoms with van der Waals surface area (Å²) in [6.45, 7) is 0.759. The molecule has 0 bridgehead atoms. The molecule has 18 heavy (non-hydrogen) atoms. The highest BCUT2D eigenvalue weighted by Crippen LogP contribution is 2.28. The minimum Gasteiger partial charge on any atom is -0.348 e. The third-order valence-electron chi connectivity index (χ3n) is 3.04. The van der Waals surface area contributed by atoms with E-state index in [0.29, 0.717) is 5.52 Å². The molecule has 0 radical (unpaired) electrons. The zero-order chi connectivity index (χ0) is 12.1. The van der Waals surface area contributed by atoms with E-state index in [1.807, 2.05) is 23.6 Å². The molecule has 90 valence electrons. The predicted molar refractivity (Wildman–Crippen MR) is 74.4 cm³/mol. The Morgan fingerprint density at radius 3 is 3.22 bits per heavy atom. The van der Waals surface area contributed by atoms with Crippen LogP contribution in [0.25, 0.3) is 21.6 Å². The average molecular weight is 275 g/mol. The molecule has 0 amide bonds. The van der Waals surface area contributed by atoms with Gasteiger partial charge in [0.2, 0.25) is 0 Å². The van der Waals surface area contributed by atoms with Crippen molar-refractivity contribution in [3.63, 3.8) is 0 Å². The normalized spacial score (nSPS) is 14.2. The molecule has 0 saturated heterocycles. The van der Waals surface area contributed by atoms with Crippen molar-refractivity contribution < 1.29 is 0 Å². The second-order valence-electron chi connectivity index (χ2n) is 4.12. The molecule has 0 unspecified atom stereocenters. The molecule has 1 aliphatic rings. The van der Waals surface area contributed by atoms with Gasteiger partial charge in [-0.25, -0.2) is 4.98 Å². The quantitative estimate of drug-likeness (QED) is 0.694. The Bertz CT molecular complexity index is 786. The smallest absolute Gasteiger partial charge is 0.278 e. The lowest BCUT2D eigenvalue weighted by molar-refractivity contribution is 0.668. The molecule has 0 spiro atoms. The van der Waals surface area contributed by atoms with Crippen molar-refractivity contribution in [1.29, 1.82) is 0 Å². The molecule has 3 aromatic heterocycles. The van der Waals surface area contributed by atoms with Gasteiger partial charge in [0.1, 0.15) is 5.52 Å². The number of fused-ring (bicyclic) bond motifs is 2. The van der Waals surface area contributed by atoms with Crippen LogP contribution in [-0.4, -0.2) is 20.3 Å². The van der Waals surface area contributed by atoms with E-state index in [1.165, 1.54) is 0 Å². The Labute approximate surface area is 111 Å². The first kappa shape index (κ1) is 10.4. The maximum Gasteiger partial charge on any atom is 0.278 e. The number of hydrogen-bond acceptors (Lipinski definition) is 4. The van der Waals surface area contributed by atoms with Gasteiger partial charge in [0, 0.05) is 12.3 Å². The molecule has 0 atom stereocenters. The Kier molecular flexibility index (Phi) is 2.15. The number of hydrogen-bond donors (Lipinski definition) is 1. The van der Waals surface area contributed by atoms with E-state index in [0.717, 1.165) is 33.5 Å². The summed E-state index contributed by atoms with van der Waals surface area (Å²) in [5.41, 5.74) is 2.40. The van der Waals surface area contributed by atoms with Crippen LogP contribution in [0.15, 0.2) is 33.5 Å². The summed E-state index contributed by atoms with van der Waals surface area (Å²) in [6.07, 6.45) is 0. The van der Waals surface area contributed by atoms with Crippen molar-refractivity contribution in [3.8, 4) is 10.6 Å². The molecule has 6 heteroatoms. The van der Waals surface area contributed by atoms with Gasteiger partial charge >= 0.3 is 0 Å². The fourth-order valence-corrected chi connectivity index (χ4v) is 3.83. The molecule has 0 saturated carbocycles. The fraction of sp³-hybridized carbons (Fsp3) is 0.167. The topological polar surface area (TPSA) is 50.7 Å². The number of nitrogens with zero attached hydrogens (tertiary/aromatic N) is 2. The van der Waals surface area contributed by atoms with Gasteiger partial charge in [0.15, 0.2) is 5.16 Å². The predicted octanol–water partition coefficient (Wildman–Crippen LogP) is 2.56. The van der Waals surface area contributed by atoms with E-state index in [1.54, 1.807) is 27.7 Å². The number of rotatable bonds is 1. The van der Waals surface area contributed by atoms with Crippen molar-refractivity contribution in [2.45, 2.75) is 11.7 Å². The Morgan fingerprint density at radius 2 is 2.39 bits per heavy atom. The third kappa shape index (κ3) is 1.39. The van der Waals surface area contributed by atoms with E-state index >= 15 is 0 Å². The SMILES string of the molecule is O=c1c2[nH]c(-c3cccs3)cc2nc2n1CCS2. The van der Waals surface area contributed by atoms with Gasteiger partial charge in [-0.15, -0.1) is 11.3 Å². The number of aromatic nitrogens is 3. The standard InChI is InChI=1S/C12H9N3OS2/c16-11-10-8(14-12-15(11)3-5-18-12)6-7(13-10)9-2-1-4-17-9/h1-2,4,6,13H,3,5H2. The lowest BCUT2D eigenvalue weighted by atomic mass is 10.3. The highest BCUT2D eigenvalue weighted by Gasteiger charge is 2.18. The minimum absolute atomic E-state index is 0.0443. The van der Waals surface area contributed by atoms with Gasteiger partial charge in [0.25, 0.3) is 5.56 Å². The van der Waals surface area contributed by atoms with Gasteiger partial charge in [-0.2, -0.15) is 0 Å². The zero-order valence-corrected chi connectivity index (χ0v) is 11.0. The minimum atomic E-state index is 0.0443. The van der Waals surface area contributed by atoms with Crippen LogP contribution in [0.1, 0.15) is 0 Å². The number of thiophene rings is 1. The fourth-order valence-electron chi connectivity index (χ4n) is 2.18. The zero-order valence-electron chi connectivity index (χ0n) is 9.34. The van der Waals surface area contributed by atoms with Crippen LogP contribution < -0.4 is 5.56 Å². The Balaban J connectivity index is 2.02. The van der Waals surface area contributed by atoms with Gasteiger partial charge in [0.05, 0.1) is 16.1 Å². The van der Waals surface area contributed by atoms with E-state index < -0.39 is 0 Å². The molecule has 3 aromatic rings. The van der Waals surface area contributed by atoms with Crippen molar-refractivity contribution >= 4 is 34.1 Å². The molecule has 0 fully saturated rings. The molecule has 4 rings (SSSR count). The van der Waals surface area contributed by atoms with E-state index in [2.05, 4.69) is 9.97 Å². The van der Waals surface area contributed by atoms with Crippen molar-refractivity contribution in [1.82, 2.24) is 14.5 Å². The molecular formula is C12H9N3OS2. The molecule has 1 N–H and O–H groups in total. The second kappa shape index (κ2) is 3.73.